The lowest BCUT2D eigenvalue weighted by Gasteiger charge is -2.15. The summed E-state index contributed by atoms with van der Waals surface area (Å²) in [6.07, 6.45) is -14.7. The van der Waals surface area contributed by atoms with E-state index in [0.717, 1.165) is 6.07 Å². The fourth-order valence-electron chi connectivity index (χ4n) is 3.90. The first-order valence-corrected chi connectivity index (χ1v) is 14.6. The number of halogens is 14. The molecule has 0 bridgehead atoms. The number of hydrogen-bond donors (Lipinski definition) is 1. The van der Waals surface area contributed by atoms with Gasteiger partial charge in [0.1, 0.15) is 23.1 Å². The Morgan fingerprint density at radius 3 is 1.37 bits per heavy atom. The van der Waals surface area contributed by atoms with E-state index in [4.69, 9.17) is 5.11 Å². The number of aromatic hydroxyl groups is 1. The van der Waals surface area contributed by atoms with Crippen molar-refractivity contribution < 1.29 is 90.4 Å². The van der Waals surface area contributed by atoms with Gasteiger partial charge in [-0.2, -0.15) is 39.5 Å². The quantitative estimate of drug-likeness (QED) is 0.119. The third-order valence-corrected chi connectivity index (χ3v) is 6.20. The van der Waals surface area contributed by atoms with Crippen molar-refractivity contribution in [2.75, 3.05) is 13.2 Å². The lowest BCUT2D eigenvalue weighted by Crippen LogP contribution is -2.11. The van der Waals surface area contributed by atoms with E-state index in [1.165, 1.54) is 26.8 Å². The first-order chi connectivity index (χ1) is 24.8. The molecule has 0 aliphatic carbocycles. The molecule has 0 unspecified atom stereocenters. The van der Waals surface area contributed by atoms with Crippen LogP contribution >= 0.6 is 0 Å². The maximum absolute atomic E-state index is 14.0. The highest BCUT2D eigenvalue weighted by Gasteiger charge is 2.37. The first kappa shape index (κ1) is 44.6. The Kier molecular flexibility index (Phi) is 14.8. The second kappa shape index (κ2) is 18.0. The molecule has 0 fully saturated rings. The summed E-state index contributed by atoms with van der Waals surface area (Å²) < 4.78 is 193. The van der Waals surface area contributed by atoms with Gasteiger partial charge in [-0.15, -0.1) is 0 Å². The van der Waals surface area contributed by atoms with Gasteiger partial charge in [0.2, 0.25) is 0 Å². The van der Waals surface area contributed by atoms with Crippen LogP contribution in [0.25, 0.3) is 0 Å². The SMILES string of the molecule is CCOC(=O)c1cc(F)c(F)cc1F.CCOC(=O)c1cc(F)c(Oc2cc(C(F)(F)F)cc(C(F)(F)F)c2)cc1F.Cc1cc(O)cc(C(F)(F)F)c1. The van der Waals surface area contributed by atoms with Crippen LogP contribution < -0.4 is 4.74 Å². The Hall–Kier alpha value is -5.56. The molecule has 0 aliphatic heterocycles. The molecule has 0 atom stereocenters. The predicted molar refractivity (Wildman–Crippen MR) is 159 cm³/mol. The second-order valence-electron chi connectivity index (χ2n) is 10.3. The number of phenolic OH excluding ortho intramolecular Hbond substituents is 1. The van der Waals surface area contributed by atoms with Crippen molar-refractivity contribution in [3.05, 3.63) is 123 Å². The maximum atomic E-state index is 14.0. The summed E-state index contributed by atoms with van der Waals surface area (Å²) in [5.74, 6) is -11.1. The van der Waals surface area contributed by atoms with Crippen molar-refractivity contribution in [3.8, 4) is 17.2 Å². The van der Waals surface area contributed by atoms with Gasteiger partial charge in [0, 0.05) is 12.1 Å². The molecule has 20 heteroatoms. The molecule has 6 nitrogen and oxygen atoms in total. The van der Waals surface area contributed by atoms with Crippen LogP contribution in [0.15, 0.2) is 60.7 Å². The number of esters is 2. The summed E-state index contributed by atoms with van der Waals surface area (Å²) in [5.41, 5.74) is -5.23. The van der Waals surface area contributed by atoms with Crippen molar-refractivity contribution >= 4 is 11.9 Å². The first-order valence-electron chi connectivity index (χ1n) is 14.6. The highest BCUT2D eigenvalue weighted by atomic mass is 19.4. The van der Waals surface area contributed by atoms with Gasteiger partial charge >= 0.3 is 30.5 Å². The lowest BCUT2D eigenvalue weighted by atomic mass is 10.1. The van der Waals surface area contributed by atoms with Crippen molar-refractivity contribution in [1.29, 1.82) is 0 Å². The van der Waals surface area contributed by atoms with Gasteiger partial charge in [0.15, 0.2) is 23.2 Å². The average molecular weight is 795 g/mol. The van der Waals surface area contributed by atoms with Gasteiger partial charge in [0.05, 0.1) is 41.0 Å². The van der Waals surface area contributed by atoms with Gasteiger partial charge < -0.3 is 19.3 Å². The van der Waals surface area contributed by atoms with Crippen LogP contribution in [-0.4, -0.2) is 30.3 Å². The largest absolute Gasteiger partial charge is 0.508 e. The molecule has 0 heterocycles. The summed E-state index contributed by atoms with van der Waals surface area (Å²) in [7, 11) is 0. The maximum Gasteiger partial charge on any atom is 0.416 e. The topological polar surface area (TPSA) is 82.1 Å². The normalized spacial score (nSPS) is 11.4. The molecule has 4 rings (SSSR count). The predicted octanol–water partition coefficient (Wildman–Crippen LogP) is 11.0. The van der Waals surface area contributed by atoms with Gasteiger partial charge in [-0.3, -0.25) is 0 Å². The zero-order valence-electron chi connectivity index (χ0n) is 27.5. The Labute approximate surface area is 295 Å². The van der Waals surface area contributed by atoms with Crippen LogP contribution in [0.4, 0.5) is 61.5 Å². The Bertz CT molecular complexity index is 1900. The van der Waals surface area contributed by atoms with Crippen LogP contribution in [-0.2, 0) is 28.0 Å². The fraction of sp³-hybridized carbons (Fsp3) is 0.235. The number of carbonyl (C=O) groups excluding carboxylic acids is 2. The molecule has 0 saturated carbocycles. The summed E-state index contributed by atoms with van der Waals surface area (Å²) in [6.45, 7) is 4.33. The summed E-state index contributed by atoms with van der Waals surface area (Å²) in [5, 5.41) is 8.86. The zero-order valence-corrected chi connectivity index (χ0v) is 27.5. The molecule has 0 aliphatic rings. The van der Waals surface area contributed by atoms with Crippen LogP contribution in [0.5, 0.6) is 17.2 Å². The monoisotopic (exact) mass is 794 g/mol. The Morgan fingerprint density at radius 1 is 0.537 bits per heavy atom. The van der Waals surface area contributed by atoms with Gasteiger partial charge in [-0.25, -0.2) is 31.5 Å². The third-order valence-electron chi connectivity index (χ3n) is 6.20. The van der Waals surface area contributed by atoms with E-state index >= 15 is 0 Å². The van der Waals surface area contributed by atoms with Crippen molar-refractivity contribution in [3.63, 3.8) is 0 Å². The summed E-state index contributed by atoms with van der Waals surface area (Å²) >= 11 is 0. The zero-order chi connectivity index (χ0) is 41.3. The van der Waals surface area contributed by atoms with Crippen LogP contribution in [0.2, 0.25) is 0 Å². The molecule has 0 spiro atoms. The molecule has 4 aromatic rings. The van der Waals surface area contributed by atoms with Crippen LogP contribution in [0.1, 0.15) is 56.8 Å². The van der Waals surface area contributed by atoms with Crippen molar-refractivity contribution in [1.82, 2.24) is 0 Å². The van der Waals surface area contributed by atoms with Gasteiger partial charge in [0.25, 0.3) is 0 Å². The third kappa shape index (κ3) is 12.8. The minimum Gasteiger partial charge on any atom is -0.508 e. The molecular weight excluding hydrogens is 770 g/mol. The average Bonchev–Trinajstić information content (AvgIpc) is 3.03. The smallest absolute Gasteiger partial charge is 0.416 e. The molecule has 54 heavy (non-hydrogen) atoms. The summed E-state index contributed by atoms with van der Waals surface area (Å²) in [6, 6.07) is 4.67. The van der Waals surface area contributed by atoms with Crippen molar-refractivity contribution in [2.45, 2.75) is 39.3 Å². The van der Waals surface area contributed by atoms with Crippen LogP contribution in [0, 0.1) is 36.0 Å². The Balaban J connectivity index is 0.000000321. The molecule has 294 valence electrons. The van der Waals surface area contributed by atoms with E-state index in [1.54, 1.807) is 0 Å². The number of aryl methyl sites for hydroxylation is 1. The highest BCUT2D eigenvalue weighted by molar-refractivity contribution is 5.90. The van der Waals surface area contributed by atoms with Crippen LogP contribution in [0.3, 0.4) is 0 Å². The number of phenols is 1. The number of rotatable bonds is 6. The molecule has 1 N–H and O–H groups in total. The second-order valence-corrected chi connectivity index (χ2v) is 10.3. The molecule has 0 aromatic heterocycles. The molecule has 0 saturated heterocycles. The standard InChI is InChI=1S/C17H10F8O3.C9H7F3O2.C8H7F3O/c1-2-27-15(26)11-6-13(19)14(7-12(11)18)28-10-4-8(16(20,21)22)3-9(5-10)17(23,24)25;1-2-14-9(13)5-3-7(11)8(12)4-6(5)10;1-5-2-6(8(9,10)11)4-7(12)3-5/h3-7H,2H2,1H3;3-4H,2H2,1H3;2-4,12H,1H3. The molecule has 0 radical (unpaired) electrons. The van der Waals surface area contributed by atoms with E-state index < -0.39 is 98.9 Å². The fourth-order valence-corrected chi connectivity index (χ4v) is 3.90. The number of carbonyl (C=O) groups is 2. The number of ether oxygens (including phenoxy) is 3. The number of hydrogen-bond acceptors (Lipinski definition) is 6. The van der Waals surface area contributed by atoms with E-state index in [2.05, 4.69) is 14.2 Å². The molecule has 4 aromatic carbocycles. The summed E-state index contributed by atoms with van der Waals surface area (Å²) in [4.78, 5) is 22.5. The minimum absolute atomic E-state index is 0.0390. The minimum atomic E-state index is -5.14. The van der Waals surface area contributed by atoms with Gasteiger partial charge in [-0.1, -0.05) is 0 Å². The van der Waals surface area contributed by atoms with E-state index in [9.17, 15) is 71.1 Å². The Morgan fingerprint density at radius 2 is 0.944 bits per heavy atom. The van der Waals surface area contributed by atoms with Gasteiger partial charge in [-0.05, 0) is 74.9 Å². The van der Waals surface area contributed by atoms with E-state index in [0.29, 0.717) is 35.9 Å². The number of benzene rings is 4. The molecule has 0 amide bonds. The van der Waals surface area contributed by atoms with Crippen molar-refractivity contribution in [2.24, 2.45) is 0 Å². The van der Waals surface area contributed by atoms with E-state index in [-0.39, 0.29) is 37.2 Å². The lowest BCUT2D eigenvalue weighted by molar-refractivity contribution is -0.143. The molecular formula is C34H24F14O6. The highest BCUT2D eigenvalue weighted by Crippen LogP contribution is 2.40. The number of alkyl halides is 9. The van der Waals surface area contributed by atoms with E-state index in [1.807, 2.05) is 0 Å².